The lowest BCUT2D eigenvalue weighted by Gasteiger charge is -2.20. The number of carbonyl (C=O) groups excluding carboxylic acids is 1. The lowest BCUT2D eigenvalue weighted by atomic mass is 9.89. The topological polar surface area (TPSA) is 70.1 Å². The van der Waals surface area contributed by atoms with Crippen LogP contribution >= 0.6 is 0 Å². The van der Waals surface area contributed by atoms with Crippen molar-refractivity contribution in [3.8, 4) is 6.07 Å². The number of nitrogens with zero attached hydrogens (tertiary/aromatic N) is 2. The molecule has 1 aliphatic rings. The number of amides is 1. The van der Waals surface area contributed by atoms with E-state index < -0.39 is 0 Å². The van der Waals surface area contributed by atoms with Gasteiger partial charge in [0.15, 0.2) is 0 Å². The SMILES string of the molecule is CC1(C(N)=O)CCN(CCCCC#N)C1. The third kappa shape index (κ3) is 3.21. The predicted molar refractivity (Wildman–Crippen MR) is 57.8 cm³/mol. The van der Waals surface area contributed by atoms with E-state index in [2.05, 4.69) is 11.0 Å². The first kappa shape index (κ1) is 12.0. The molecule has 0 bridgehead atoms. The molecule has 84 valence electrons. The van der Waals surface area contributed by atoms with Gasteiger partial charge in [-0.1, -0.05) is 0 Å². The van der Waals surface area contributed by atoms with E-state index >= 15 is 0 Å². The first-order valence-corrected chi connectivity index (χ1v) is 5.48. The Morgan fingerprint density at radius 3 is 2.87 bits per heavy atom. The summed E-state index contributed by atoms with van der Waals surface area (Å²) >= 11 is 0. The number of primary amides is 1. The lowest BCUT2D eigenvalue weighted by Crippen LogP contribution is -2.37. The van der Waals surface area contributed by atoms with Crippen LogP contribution in [0.1, 0.15) is 32.6 Å². The summed E-state index contributed by atoms with van der Waals surface area (Å²) in [6.45, 7) is 4.63. The molecular weight excluding hydrogens is 190 g/mol. The van der Waals surface area contributed by atoms with Crippen LogP contribution in [0.15, 0.2) is 0 Å². The summed E-state index contributed by atoms with van der Waals surface area (Å²) in [5, 5.41) is 8.39. The summed E-state index contributed by atoms with van der Waals surface area (Å²) in [5.41, 5.74) is 5.02. The minimum absolute atomic E-state index is 0.193. The summed E-state index contributed by atoms with van der Waals surface area (Å²) in [7, 11) is 0. The Labute approximate surface area is 91.0 Å². The van der Waals surface area contributed by atoms with E-state index in [0.717, 1.165) is 38.9 Å². The van der Waals surface area contributed by atoms with Crippen LogP contribution in [0.3, 0.4) is 0 Å². The van der Waals surface area contributed by atoms with Crippen molar-refractivity contribution in [1.82, 2.24) is 4.90 Å². The molecule has 0 aliphatic carbocycles. The second kappa shape index (κ2) is 5.13. The molecule has 15 heavy (non-hydrogen) atoms. The fourth-order valence-corrected chi connectivity index (χ4v) is 1.99. The van der Waals surface area contributed by atoms with Gasteiger partial charge in [-0.3, -0.25) is 4.79 Å². The minimum Gasteiger partial charge on any atom is -0.369 e. The Hall–Kier alpha value is -1.08. The summed E-state index contributed by atoms with van der Waals surface area (Å²) in [6, 6.07) is 2.13. The van der Waals surface area contributed by atoms with Gasteiger partial charge in [0, 0.05) is 13.0 Å². The molecule has 1 aliphatic heterocycles. The van der Waals surface area contributed by atoms with E-state index in [0.29, 0.717) is 6.42 Å². The van der Waals surface area contributed by atoms with Gasteiger partial charge in [-0.15, -0.1) is 0 Å². The standard InChI is InChI=1S/C11H19N3O/c1-11(10(13)15)5-8-14(9-11)7-4-2-3-6-12/h2-5,7-9H2,1H3,(H2,13,15). The predicted octanol–water partition coefficient (Wildman–Crippen LogP) is 0.878. The second-order valence-electron chi connectivity index (χ2n) is 4.57. The number of hydrogen-bond acceptors (Lipinski definition) is 3. The second-order valence-corrected chi connectivity index (χ2v) is 4.57. The molecule has 1 saturated heterocycles. The van der Waals surface area contributed by atoms with Gasteiger partial charge in [-0.25, -0.2) is 0 Å². The Kier molecular flexibility index (Phi) is 4.10. The largest absolute Gasteiger partial charge is 0.369 e. The maximum atomic E-state index is 11.2. The van der Waals surface area contributed by atoms with E-state index in [-0.39, 0.29) is 11.3 Å². The monoisotopic (exact) mass is 209 g/mol. The van der Waals surface area contributed by atoms with Crippen LogP contribution < -0.4 is 5.73 Å². The number of carbonyl (C=O) groups is 1. The van der Waals surface area contributed by atoms with Crippen molar-refractivity contribution in [2.45, 2.75) is 32.6 Å². The molecule has 4 nitrogen and oxygen atoms in total. The highest BCUT2D eigenvalue weighted by atomic mass is 16.1. The highest BCUT2D eigenvalue weighted by molar-refractivity contribution is 5.81. The molecule has 0 radical (unpaired) electrons. The van der Waals surface area contributed by atoms with Crippen LogP contribution in [0.25, 0.3) is 0 Å². The third-order valence-corrected chi connectivity index (χ3v) is 3.16. The molecule has 1 atom stereocenters. The van der Waals surface area contributed by atoms with Crippen molar-refractivity contribution in [1.29, 1.82) is 5.26 Å². The van der Waals surface area contributed by atoms with Crippen molar-refractivity contribution in [2.75, 3.05) is 19.6 Å². The summed E-state index contributed by atoms with van der Waals surface area (Å²) < 4.78 is 0. The molecule has 0 spiro atoms. The maximum Gasteiger partial charge on any atom is 0.224 e. The normalized spacial score (nSPS) is 26.4. The zero-order valence-corrected chi connectivity index (χ0v) is 9.33. The smallest absolute Gasteiger partial charge is 0.224 e. The number of unbranched alkanes of at least 4 members (excludes halogenated alkanes) is 2. The maximum absolute atomic E-state index is 11.2. The van der Waals surface area contributed by atoms with Gasteiger partial charge >= 0.3 is 0 Å². The molecular formula is C11H19N3O. The molecule has 0 aromatic heterocycles. The molecule has 2 N–H and O–H groups in total. The fourth-order valence-electron chi connectivity index (χ4n) is 1.99. The number of nitriles is 1. The molecule has 0 aromatic rings. The summed E-state index contributed by atoms with van der Waals surface area (Å²) in [6.07, 6.45) is 3.46. The van der Waals surface area contributed by atoms with Gasteiger partial charge in [0.25, 0.3) is 0 Å². The summed E-state index contributed by atoms with van der Waals surface area (Å²) in [5.74, 6) is -0.193. The van der Waals surface area contributed by atoms with Crippen LogP contribution in [0.5, 0.6) is 0 Å². The van der Waals surface area contributed by atoms with Crippen LogP contribution in [0.4, 0.5) is 0 Å². The highest BCUT2D eigenvalue weighted by Gasteiger charge is 2.38. The highest BCUT2D eigenvalue weighted by Crippen LogP contribution is 2.29. The summed E-state index contributed by atoms with van der Waals surface area (Å²) in [4.78, 5) is 13.5. The van der Waals surface area contributed by atoms with Gasteiger partial charge in [0.2, 0.25) is 5.91 Å². The van der Waals surface area contributed by atoms with Crippen molar-refractivity contribution in [2.24, 2.45) is 11.1 Å². The van der Waals surface area contributed by atoms with Gasteiger partial charge < -0.3 is 10.6 Å². The average molecular weight is 209 g/mol. The molecule has 1 unspecified atom stereocenters. The van der Waals surface area contributed by atoms with E-state index in [1.54, 1.807) is 0 Å². The Morgan fingerprint density at radius 2 is 2.33 bits per heavy atom. The molecule has 1 fully saturated rings. The quantitative estimate of drug-likeness (QED) is 0.683. The number of hydrogen-bond donors (Lipinski definition) is 1. The van der Waals surface area contributed by atoms with Crippen LogP contribution in [-0.4, -0.2) is 30.4 Å². The molecule has 1 heterocycles. The minimum atomic E-state index is -0.338. The van der Waals surface area contributed by atoms with Crippen molar-refractivity contribution in [3.63, 3.8) is 0 Å². The number of likely N-dealkylation sites (tertiary alicyclic amines) is 1. The third-order valence-electron chi connectivity index (χ3n) is 3.16. The molecule has 4 heteroatoms. The number of nitrogens with two attached hydrogens (primary N) is 1. The van der Waals surface area contributed by atoms with Crippen LogP contribution in [0.2, 0.25) is 0 Å². The van der Waals surface area contributed by atoms with E-state index in [4.69, 9.17) is 11.0 Å². The van der Waals surface area contributed by atoms with Crippen LogP contribution in [-0.2, 0) is 4.79 Å². The Morgan fingerprint density at radius 1 is 1.60 bits per heavy atom. The average Bonchev–Trinajstić information content (AvgIpc) is 2.57. The Balaban J connectivity index is 2.25. The van der Waals surface area contributed by atoms with E-state index in [1.807, 2.05) is 6.92 Å². The fraction of sp³-hybridized carbons (Fsp3) is 0.818. The molecule has 1 amide bonds. The van der Waals surface area contributed by atoms with Gasteiger partial charge in [0.1, 0.15) is 0 Å². The number of rotatable bonds is 5. The van der Waals surface area contributed by atoms with Crippen molar-refractivity contribution < 1.29 is 4.79 Å². The molecule has 1 rings (SSSR count). The molecule has 0 saturated carbocycles. The molecule has 0 aromatic carbocycles. The zero-order chi connectivity index (χ0) is 11.3. The van der Waals surface area contributed by atoms with E-state index in [9.17, 15) is 4.79 Å². The van der Waals surface area contributed by atoms with Gasteiger partial charge in [-0.2, -0.15) is 5.26 Å². The van der Waals surface area contributed by atoms with Gasteiger partial charge in [0.05, 0.1) is 11.5 Å². The zero-order valence-electron chi connectivity index (χ0n) is 9.33. The lowest BCUT2D eigenvalue weighted by molar-refractivity contribution is -0.126. The van der Waals surface area contributed by atoms with E-state index in [1.165, 1.54) is 0 Å². The van der Waals surface area contributed by atoms with Crippen molar-refractivity contribution in [3.05, 3.63) is 0 Å². The van der Waals surface area contributed by atoms with Gasteiger partial charge in [-0.05, 0) is 39.3 Å². The van der Waals surface area contributed by atoms with Crippen molar-refractivity contribution >= 4 is 5.91 Å². The first-order valence-electron chi connectivity index (χ1n) is 5.48. The Bertz CT molecular complexity index is 271. The first-order chi connectivity index (χ1) is 7.08. The van der Waals surface area contributed by atoms with Crippen LogP contribution in [0, 0.1) is 16.7 Å².